The first-order valence-electron chi connectivity index (χ1n) is 12.3. The molecule has 206 valence electrons. The maximum absolute atomic E-state index is 13.1. The van der Waals surface area contributed by atoms with Gasteiger partial charge in [-0.3, -0.25) is 19.2 Å². The molecule has 1 aromatic carbocycles. The molecule has 0 spiro atoms. The van der Waals surface area contributed by atoms with E-state index in [1.54, 1.807) is 44.2 Å². The molecule has 0 fully saturated rings. The molecule has 0 heterocycles. The van der Waals surface area contributed by atoms with Crippen molar-refractivity contribution in [3.05, 3.63) is 35.9 Å². The van der Waals surface area contributed by atoms with Gasteiger partial charge in [-0.05, 0) is 43.7 Å². The summed E-state index contributed by atoms with van der Waals surface area (Å²) >= 11 is 0. The molecule has 0 saturated heterocycles. The predicted molar refractivity (Wildman–Crippen MR) is 136 cm³/mol. The monoisotopic (exact) mass is 521 g/mol. The lowest BCUT2D eigenvalue weighted by Gasteiger charge is -2.25. The molecule has 12 heteroatoms. The van der Waals surface area contributed by atoms with Crippen molar-refractivity contribution in [2.45, 2.75) is 76.5 Å². The molecule has 37 heavy (non-hydrogen) atoms. The Labute approximate surface area is 216 Å². The summed E-state index contributed by atoms with van der Waals surface area (Å²) in [5.74, 6) is -4.75. The number of carboxylic acids is 2. The Hall–Kier alpha value is -3.51. The highest BCUT2D eigenvalue weighted by atomic mass is 16.4. The van der Waals surface area contributed by atoms with Gasteiger partial charge in [-0.2, -0.15) is 0 Å². The zero-order chi connectivity index (χ0) is 28.0. The Bertz CT molecular complexity index is 910. The van der Waals surface area contributed by atoms with Gasteiger partial charge in [0, 0.05) is 12.8 Å². The summed E-state index contributed by atoms with van der Waals surface area (Å²) in [6, 6.07) is 4.12. The van der Waals surface area contributed by atoms with Crippen molar-refractivity contribution in [1.82, 2.24) is 16.0 Å². The summed E-state index contributed by atoms with van der Waals surface area (Å²) in [4.78, 5) is 61.5. The van der Waals surface area contributed by atoms with Crippen LogP contribution in [0, 0.1) is 5.92 Å². The number of hydrogen-bond donors (Lipinski definition) is 7. The van der Waals surface area contributed by atoms with Crippen LogP contribution in [0.15, 0.2) is 30.3 Å². The number of carbonyl (C=O) groups excluding carboxylic acids is 3. The minimum Gasteiger partial charge on any atom is -0.481 e. The number of hydrogen-bond acceptors (Lipinski definition) is 7. The SMILES string of the molecule is CC(C)C(N)C(=O)NC(CCCCN)C(=O)NC(CCC(=O)O)C(=O)NC(Cc1ccccc1)C(=O)O. The third kappa shape index (κ3) is 11.8. The lowest BCUT2D eigenvalue weighted by atomic mass is 10.0. The smallest absolute Gasteiger partial charge is 0.326 e. The van der Waals surface area contributed by atoms with E-state index in [0.29, 0.717) is 24.9 Å². The number of amides is 3. The van der Waals surface area contributed by atoms with Gasteiger partial charge < -0.3 is 37.6 Å². The van der Waals surface area contributed by atoms with E-state index < -0.39 is 60.2 Å². The second-order valence-electron chi connectivity index (χ2n) is 9.20. The predicted octanol–water partition coefficient (Wildman–Crippen LogP) is -0.255. The number of unbranched alkanes of at least 4 members (excludes halogenated alkanes) is 1. The zero-order valence-electron chi connectivity index (χ0n) is 21.3. The molecule has 4 atom stereocenters. The number of benzene rings is 1. The Balaban J connectivity index is 3.04. The van der Waals surface area contributed by atoms with Crippen LogP contribution in [0.5, 0.6) is 0 Å². The summed E-state index contributed by atoms with van der Waals surface area (Å²) in [6.07, 6.45) is 0.594. The van der Waals surface area contributed by atoms with E-state index in [1.807, 2.05) is 0 Å². The third-order valence-electron chi connectivity index (χ3n) is 5.78. The van der Waals surface area contributed by atoms with Crippen molar-refractivity contribution in [1.29, 1.82) is 0 Å². The minimum atomic E-state index is -1.34. The number of nitrogens with two attached hydrogens (primary N) is 2. The summed E-state index contributed by atoms with van der Waals surface area (Å²) in [7, 11) is 0. The van der Waals surface area contributed by atoms with Gasteiger partial charge in [-0.1, -0.05) is 44.2 Å². The van der Waals surface area contributed by atoms with Crippen LogP contribution < -0.4 is 27.4 Å². The van der Waals surface area contributed by atoms with Gasteiger partial charge in [-0.15, -0.1) is 0 Å². The van der Waals surface area contributed by atoms with Crippen LogP contribution in [-0.4, -0.2) is 70.6 Å². The molecule has 0 saturated carbocycles. The summed E-state index contributed by atoms with van der Waals surface area (Å²) < 4.78 is 0. The average molecular weight is 522 g/mol. The maximum atomic E-state index is 13.1. The molecule has 1 aromatic rings. The lowest BCUT2D eigenvalue weighted by molar-refractivity contribution is -0.143. The molecule has 0 aromatic heterocycles. The Morgan fingerprint density at radius 1 is 0.811 bits per heavy atom. The molecule has 0 bridgehead atoms. The first-order valence-corrected chi connectivity index (χ1v) is 12.3. The summed E-state index contributed by atoms with van der Waals surface area (Å²) in [5.41, 5.74) is 12.1. The molecule has 0 aliphatic heterocycles. The third-order valence-corrected chi connectivity index (χ3v) is 5.78. The van der Waals surface area contributed by atoms with Gasteiger partial charge >= 0.3 is 11.9 Å². The van der Waals surface area contributed by atoms with Crippen LogP contribution in [0.1, 0.15) is 51.5 Å². The van der Waals surface area contributed by atoms with Crippen LogP contribution in [0.2, 0.25) is 0 Å². The minimum absolute atomic E-state index is 0.00757. The fourth-order valence-corrected chi connectivity index (χ4v) is 3.46. The van der Waals surface area contributed by atoms with E-state index in [4.69, 9.17) is 16.6 Å². The largest absolute Gasteiger partial charge is 0.481 e. The first-order chi connectivity index (χ1) is 17.5. The number of carboxylic acid groups (broad SMARTS) is 2. The van der Waals surface area contributed by atoms with Crippen molar-refractivity contribution in [2.24, 2.45) is 17.4 Å². The zero-order valence-corrected chi connectivity index (χ0v) is 21.3. The molecular formula is C25H39N5O7. The van der Waals surface area contributed by atoms with Gasteiger partial charge in [0.1, 0.15) is 18.1 Å². The number of rotatable bonds is 17. The average Bonchev–Trinajstić information content (AvgIpc) is 2.85. The Morgan fingerprint density at radius 3 is 1.86 bits per heavy atom. The molecular weight excluding hydrogens is 482 g/mol. The fourth-order valence-electron chi connectivity index (χ4n) is 3.46. The second kappa shape index (κ2) is 16.3. The van der Waals surface area contributed by atoms with Crippen LogP contribution in [0.3, 0.4) is 0 Å². The highest BCUT2D eigenvalue weighted by Crippen LogP contribution is 2.08. The van der Waals surface area contributed by atoms with Crippen molar-refractivity contribution in [3.8, 4) is 0 Å². The lowest BCUT2D eigenvalue weighted by Crippen LogP contribution is -2.57. The van der Waals surface area contributed by atoms with Crippen molar-refractivity contribution in [3.63, 3.8) is 0 Å². The van der Waals surface area contributed by atoms with Crippen LogP contribution in [0.4, 0.5) is 0 Å². The van der Waals surface area contributed by atoms with Gasteiger partial charge in [0.2, 0.25) is 17.7 Å². The van der Waals surface area contributed by atoms with Crippen LogP contribution >= 0.6 is 0 Å². The van der Waals surface area contributed by atoms with E-state index in [0.717, 1.165) is 0 Å². The molecule has 12 nitrogen and oxygen atoms in total. The van der Waals surface area contributed by atoms with Crippen LogP contribution in [0.25, 0.3) is 0 Å². The molecule has 0 aliphatic carbocycles. The normalized spacial score (nSPS) is 14.2. The summed E-state index contributed by atoms with van der Waals surface area (Å²) in [6.45, 7) is 3.90. The van der Waals surface area contributed by atoms with Crippen molar-refractivity contribution in [2.75, 3.05) is 6.54 Å². The van der Waals surface area contributed by atoms with Gasteiger partial charge in [-0.25, -0.2) is 4.79 Å². The Morgan fingerprint density at radius 2 is 1.35 bits per heavy atom. The van der Waals surface area contributed by atoms with E-state index in [-0.39, 0.29) is 25.2 Å². The standard InChI is InChI=1S/C25H39N5O7/c1-15(2)21(27)24(35)29-17(10-6-7-13-26)22(33)28-18(11-12-20(31)32)23(34)30-19(25(36)37)14-16-8-4-3-5-9-16/h3-5,8-9,15,17-19,21H,6-7,10-14,26-27H2,1-2H3,(H,28,33)(H,29,35)(H,30,34)(H,31,32)(H,36,37). The van der Waals surface area contributed by atoms with Gasteiger partial charge in [0.25, 0.3) is 0 Å². The van der Waals surface area contributed by atoms with Gasteiger partial charge in [0.05, 0.1) is 6.04 Å². The van der Waals surface area contributed by atoms with E-state index >= 15 is 0 Å². The molecule has 0 radical (unpaired) electrons. The van der Waals surface area contributed by atoms with Crippen molar-refractivity contribution < 1.29 is 34.2 Å². The topological polar surface area (TPSA) is 214 Å². The second-order valence-corrected chi connectivity index (χ2v) is 9.20. The summed E-state index contributed by atoms with van der Waals surface area (Å²) in [5, 5.41) is 26.2. The molecule has 3 amide bonds. The number of aliphatic carboxylic acids is 2. The Kier molecular flexibility index (Phi) is 13.9. The quantitative estimate of drug-likeness (QED) is 0.134. The highest BCUT2D eigenvalue weighted by molar-refractivity contribution is 5.94. The molecule has 1 rings (SSSR count). The molecule has 4 unspecified atom stereocenters. The maximum Gasteiger partial charge on any atom is 0.326 e. The molecule has 0 aliphatic rings. The van der Waals surface area contributed by atoms with Crippen molar-refractivity contribution >= 4 is 29.7 Å². The first kappa shape index (κ1) is 31.5. The number of carbonyl (C=O) groups is 5. The number of nitrogens with one attached hydrogen (secondary N) is 3. The van der Waals surface area contributed by atoms with Crippen LogP contribution in [-0.2, 0) is 30.4 Å². The van der Waals surface area contributed by atoms with E-state index in [9.17, 15) is 29.1 Å². The van der Waals surface area contributed by atoms with Gasteiger partial charge in [0.15, 0.2) is 0 Å². The van der Waals surface area contributed by atoms with E-state index in [2.05, 4.69) is 16.0 Å². The highest BCUT2D eigenvalue weighted by Gasteiger charge is 2.31. The van der Waals surface area contributed by atoms with E-state index in [1.165, 1.54) is 0 Å². The fraction of sp³-hybridized carbons (Fsp3) is 0.560. The molecule has 9 N–H and O–H groups in total.